The van der Waals surface area contributed by atoms with E-state index in [-0.39, 0.29) is 23.3 Å². The van der Waals surface area contributed by atoms with E-state index >= 15 is 0 Å². The SMILES string of the molecule is CC(C)(C)C1(O)CCN(c2ccc(NC3CCC(=O)NC3=O)cc2)CC1. The summed E-state index contributed by atoms with van der Waals surface area (Å²) < 4.78 is 0. The molecule has 142 valence electrons. The lowest BCUT2D eigenvalue weighted by Crippen LogP contribution is -2.51. The number of nitrogens with zero attached hydrogens (tertiary/aromatic N) is 1. The van der Waals surface area contributed by atoms with Gasteiger partial charge < -0.3 is 15.3 Å². The third-order valence-corrected chi connectivity index (χ3v) is 5.80. The van der Waals surface area contributed by atoms with E-state index < -0.39 is 5.60 Å². The van der Waals surface area contributed by atoms with E-state index in [9.17, 15) is 14.7 Å². The molecule has 0 aromatic heterocycles. The van der Waals surface area contributed by atoms with Gasteiger partial charge in [0.1, 0.15) is 6.04 Å². The fourth-order valence-corrected chi connectivity index (χ4v) is 3.69. The molecule has 6 heteroatoms. The number of anilines is 2. The summed E-state index contributed by atoms with van der Waals surface area (Å²) in [5.74, 6) is -0.466. The van der Waals surface area contributed by atoms with Crippen LogP contribution in [0.1, 0.15) is 46.5 Å². The number of nitrogens with one attached hydrogen (secondary N) is 2. The van der Waals surface area contributed by atoms with Crippen molar-refractivity contribution in [3.8, 4) is 0 Å². The summed E-state index contributed by atoms with van der Waals surface area (Å²) >= 11 is 0. The summed E-state index contributed by atoms with van der Waals surface area (Å²) in [6.07, 6.45) is 2.40. The number of aliphatic hydroxyl groups is 1. The average Bonchev–Trinajstić information content (AvgIpc) is 2.58. The molecule has 3 N–H and O–H groups in total. The molecule has 2 aliphatic rings. The molecule has 1 aromatic rings. The largest absolute Gasteiger partial charge is 0.389 e. The van der Waals surface area contributed by atoms with Gasteiger partial charge in [0, 0.05) is 30.9 Å². The van der Waals surface area contributed by atoms with Crippen molar-refractivity contribution in [3.63, 3.8) is 0 Å². The Labute approximate surface area is 155 Å². The van der Waals surface area contributed by atoms with Crippen LogP contribution in [0.25, 0.3) is 0 Å². The van der Waals surface area contributed by atoms with Gasteiger partial charge in [-0.25, -0.2) is 0 Å². The second kappa shape index (κ2) is 6.91. The van der Waals surface area contributed by atoms with Crippen molar-refractivity contribution in [1.29, 1.82) is 0 Å². The molecule has 0 aliphatic carbocycles. The lowest BCUT2D eigenvalue weighted by Gasteiger charge is -2.46. The summed E-state index contributed by atoms with van der Waals surface area (Å²) in [5, 5.41) is 16.4. The Kier molecular flexibility index (Phi) is 4.97. The van der Waals surface area contributed by atoms with Crippen molar-refractivity contribution in [2.24, 2.45) is 5.41 Å². The van der Waals surface area contributed by atoms with Crippen molar-refractivity contribution in [3.05, 3.63) is 24.3 Å². The van der Waals surface area contributed by atoms with Gasteiger partial charge in [0.05, 0.1) is 5.60 Å². The summed E-state index contributed by atoms with van der Waals surface area (Å²) in [6, 6.07) is 7.63. The third kappa shape index (κ3) is 3.85. The molecule has 1 aromatic carbocycles. The standard InChI is InChI=1S/C20H29N3O3/c1-19(2,3)20(26)10-12-23(13-11-20)15-6-4-14(5-7-15)21-16-8-9-17(24)22-18(16)25/h4-7,16,21,26H,8-13H2,1-3H3,(H,22,24,25). The quantitative estimate of drug-likeness (QED) is 0.722. The molecule has 0 radical (unpaired) electrons. The first-order chi connectivity index (χ1) is 12.2. The Morgan fingerprint density at radius 1 is 1.15 bits per heavy atom. The predicted octanol–water partition coefficient (Wildman–Crippen LogP) is 2.28. The Morgan fingerprint density at radius 3 is 2.31 bits per heavy atom. The molecule has 26 heavy (non-hydrogen) atoms. The van der Waals surface area contributed by atoms with Crippen molar-refractivity contribution in [2.75, 3.05) is 23.3 Å². The van der Waals surface area contributed by atoms with Crippen molar-refractivity contribution in [1.82, 2.24) is 5.32 Å². The van der Waals surface area contributed by atoms with Gasteiger partial charge >= 0.3 is 0 Å². The van der Waals surface area contributed by atoms with Gasteiger partial charge in [0.25, 0.3) is 0 Å². The fraction of sp³-hybridized carbons (Fsp3) is 0.600. The number of carbonyl (C=O) groups is 2. The first-order valence-corrected chi connectivity index (χ1v) is 9.36. The van der Waals surface area contributed by atoms with Gasteiger partial charge in [-0.2, -0.15) is 0 Å². The summed E-state index contributed by atoms with van der Waals surface area (Å²) in [7, 11) is 0. The minimum atomic E-state index is -0.614. The van der Waals surface area contributed by atoms with Crippen molar-refractivity contribution < 1.29 is 14.7 Å². The van der Waals surface area contributed by atoms with Crippen molar-refractivity contribution in [2.45, 2.75) is 58.1 Å². The van der Waals surface area contributed by atoms with Gasteiger partial charge in [0.2, 0.25) is 11.8 Å². The number of piperidine rings is 2. The molecule has 0 saturated carbocycles. The number of amides is 2. The summed E-state index contributed by atoms with van der Waals surface area (Å²) in [5.41, 5.74) is 1.26. The van der Waals surface area contributed by atoms with E-state index in [0.717, 1.165) is 37.3 Å². The molecule has 0 spiro atoms. The molecule has 2 saturated heterocycles. The van der Waals surface area contributed by atoms with Crippen LogP contribution in [0.3, 0.4) is 0 Å². The zero-order valence-electron chi connectivity index (χ0n) is 15.8. The molecule has 2 heterocycles. The maximum Gasteiger partial charge on any atom is 0.249 e. The number of carbonyl (C=O) groups excluding carboxylic acids is 2. The molecule has 2 fully saturated rings. The van der Waals surface area contributed by atoms with Crippen LogP contribution in [0.2, 0.25) is 0 Å². The number of imide groups is 1. The Bertz CT molecular complexity index is 671. The number of benzene rings is 1. The molecule has 1 atom stereocenters. The smallest absolute Gasteiger partial charge is 0.249 e. The molecule has 0 bridgehead atoms. The maximum absolute atomic E-state index is 11.8. The highest BCUT2D eigenvalue weighted by Crippen LogP contribution is 2.39. The first kappa shape index (κ1) is 18.7. The molecule has 1 unspecified atom stereocenters. The lowest BCUT2D eigenvalue weighted by molar-refractivity contribution is -0.133. The van der Waals surface area contributed by atoms with Gasteiger partial charge in [-0.05, 0) is 48.9 Å². The minimum Gasteiger partial charge on any atom is -0.389 e. The zero-order chi connectivity index (χ0) is 18.9. The monoisotopic (exact) mass is 359 g/mol. The Morgan fingerprint density at radius 2 is 1.77 bits per heavy atom. The van der Waals surface area contributed by atoms with E-state index in [2.05, 4.69) is 36.3 Å². The van der Waals surface area contributed by atoms with Gasteiger partial charge in [0.15, 0.2) is 0 Å². The summed E-state index contributed by atoms with van der Waals surface area (Å²) in [6.45, 7) is 7.94. The van der Waals surface area contributed by atoms with Crippen LogP contribution in [-0.2, 0) is 9.59 Å². The van der Waals surface area contributed by atoms with Gasteiger partial charge in [-0.1, -0.05) is 20.8 Å². The minimum absolute atomic E-state index is 0.116. The van der Waals surface area contributed by atoms with Crippen LogP contribution in [0, 0.1) is 5.41 Å². The number of hydrogen-bond acceptors (Lipinski definition) is 5. The van der Waals surface area contributed by atoms with Gasteiger partial charge in [-0.3, -0.25) is 14.9 Å². The van der Waals surface area contributed by atoms with E-state index in [4.69, 9.17) is 0 Å². The van der Waals surface area contributed by atoms with Crippen LogP contribution in [-0.4, -0.2) is 41.7 Å². The van der Waals surface area contributed by atoms with E-state index in [1.807, 2.05) is 24.3 Å². The van der Waals surface area contributed by atoms with E-state index in [1.165, 1.54) is 0 Å². The zero-order valence-corrected chi connectivity index (χ0v) is 15.8. The molecule has 3 rings (SSSR count). The average molecular weight is 359 g/mol. The highest BCUT2D eigenvalue weighted by molar-refractivity contribution is 6.01. The van der Waals surface area contributed by atoms with Crippen molar-refractivity contribution >= 4 is 23.2 Å². The third-order valence-electron chi connectivity index (χ3n) is 5.80. The lowest BCUT2D eigenvalue weighted by atomic mass is 9.71. The van der Waals surface area contributed by atoms with Crippen LogP contribution < -0.4 is 15.5 Å². The highest BCUT2D eigenvalue weighted by atomic mass is 16.3. The Hall–Kier alpha value is -2.08. The highest BCUT2D eigenvalue weighted by Gasteiger charge is 2.42. The van der Waals surface area contributed by atoms with E-state index in [0.29, 0.717) is 12.8 Å². The van der Waals surface area contributed by atoms with E-state index in [1.54, 1.807) is 0 Å². The number of rotatable bonds is 3. The Balaban J connectivity index is 1.59. The first-order valence-electron chi connectivity index (χ1n) is 9.36. The van der Waals surface area contributed by atoms with Crippen LogP contribution in [0.5, 0.6) is 0 Å². The molecule has 2 amide bonds. The normalized spacial score (nSPS) is 23.5. The van der Waals surface area contributed by atoms with Gasteiger partial charge in [-0.15, -0.1) is 0 Å². The van der Waals surface area contributed by atoms with Crippen LogP contribution in [0.15, 0.2) is 24.3 Å². The molecular weight excluding hydrogens is 330 g/mol. The maximum atomic E-state index is 11.8. The second-order valence-corrected chi connectivity index (χ2v) is 8.46. The fourth-order valence-electron chi connectivity index (χ4n) is 3.69. The van der Waals surface area contributed by atoms with Crippen LogP contribution in [0.4, 0.5) is 11.4 Å². The molecule has 2 aliphatic heterocycles. The number of hydrogen-bond donors (Lipinski definition) is 3. The summed E-state index contributed by atoms with van der Waals surface area (Å²) in [4.78, 5) is 25.3. The predicted molar refractivity (Wildman–Crippen MR) is 102 cm³/mol. The topological polar surface area (TPSA) is 81.7 Å². The second-order valence-electron chi connectivity index (χ2n) is 8.46. The molecule has 6 nitrogen and oxygen atoms in total. The molecular formula is C20H29N3O3. The van der Waals surface area contributed by atoms with Crippen LogP contribution >= 0.6 is 0 Å².